The van der Waals surface area contributed by atoms with Gasteiger partial charge in [-0.3, -0.25) is 0 Å². The van der Waals surface area contributed by atoms with Crippen molar-refractivity contribution in [3.63, 3.8) is 0 Å². The van der Waals surface area contributed by atoms with Crippen molar-refractivity contribution in [2.24, 2.45) is 0 Å². The van der Waals surface area contributed by atoms with E-state index in [1.54, 1.807) is 0 Å². The van der Waals surface area contributed by atoms with E-state index >= 15 is 0 Å². The predicted octanol–water partition coefficient (Wildman–Crippen LogP) is 2.50. The molecular formula is C9H12ClN3. The molecule has 0 aliphatic heterocycles. The molecule has 0 saturated heterocycles. The van der Waals surface area contributed by atoms with Crippen molar-refractivity contribution >= 4 is 17.2 Å². The standard InChI is InChI=1S/C9H12ClN3/c1-4-7-6(3)13-9(11-7)8(10)5(2)12-13/h11H,4H2,1-3H3. The van der Waals surface area contributed by atoms with E-state index in [1.165, 1.54) is 5.69 Å². The van der Waals surface area contributed by atoms with Crippen molar-refractivity contribution in [2.75, 3.05) is 0 Å². The Bertz CT molecular complexity index is 453. The lowest BCUT2D eigenvalue weighted by atomic mass is 10.3. The first-order valence-electron chi connectivity index (χ1n) is 4.37. The van der Waals surface area contributed by atoms with Crippen LogP contribution < -0.4 is 0 Å². The zero-order chi connectivity index (χ0) is 9.59. The molecule has 0 saturated carbocycles. The Hall–Kier alpha value is -0.960. The van der Waals surface area contributed by atoms with Gasteiger partial charge >= 0.3 is 0 Å². The minimum atomic E-state index is 0.725. The van der Waals surface area contributed by atoms with E-state index in [0.29, 0.717) is 0 Å². The molecule has 2 aromatic rings. The van der Waals surface area contributed by atoms with Crippen molar-refractivity contribution in [1.29, 1.82) is 0 Å². The molecule has 0 amide bonds. The summed E-state index contributed by atoms with van der Waals surface area (Å²) in [6, 6.07) is 0. The van der Waals surface area contributed by atoms with E-state index < -0.39 is 0 Å². The number of rotatable bonds is 1. The first-order chi connectivity index (χ1) is 6.15. The van der Waals surface area contributed by atoms with Gasteiger partial charge in [0.2, 0.25) is 0 Å². The van der Waals surface area contributed by atoms with Gasteiger partial charge < -0.3 is 4.98 Å². The molecule has 4 heteroatoms. The zero-order valence-electron chi connectivity index (χ0n) is 7.98. The van der Waals surface area contributed by atoms with Crippen molar-refractivity contribution in [1.82, 2.24) is 14.6 Å². The third-order valence-corrected chi connectivity index (χ3v) is 2.82. The summed E-state index contributed by atoms with van der Waals surface area (Å²) >= 11 is 6.07. The van der Waals surface area contributed by atoms with Gasteiger partial charge in [0, 0.05) is 5.69 Å². The molecule has 0 spiro atoms. The van der Waals surface area contributed by atoms with Crippen LogP contribution in [0.2, 0.25) is 5.02 Å². The van der Waals surface area contributed by atoms with Gasteiger partial charge in [-0.2, -0.15) is 5.10 Å². The van der Waals surface area contributed by atoms with Gasteiger partial charge in [-0.25, -0.2) is 4.52 Å². The molecule has 0 radical (unpaired) electrons. The van der Waals surface area contributed by atoms with Gasteiger partial charge in [-0.05, 0) is 20.3 Å². The Labute approximate surface area is 81.7 Å². The number of imidazole rings is 1. The van der Waals surface area contributed by atoms with Gasteiger partial charge in [0.1, 0.15) is 5.02 Å². The lowest BCUT2D eigenvalue weighted by molar-refractivity contribution is 0.892. The number of halogens is 1. The van der Waals surface area contributed by atoms with Crippen molar-refractivity contribution < 1.29 is 0 Å². The van der Waals surface area contributed by atoms with Crippen LogP contribution in [0.1, 0.15) is 24.0 Å². The molecule has 2 aromatic heterocycles. The molecule has 2 heterocycles. The summed E-state index contributed by atoms with van der Waals surface area (Å²) < 4.78 is 1.87. The number of aromatic amines is 1. The van der Waals surface area contributed by atoms with Gasteiger partial charge in [-0.15, -0.1) is 0 Å². The van der Waals surface area contributed by atoms with Gasteiger partial charge in [0.05, 0.1) is 11.4 Å². The topological polar surface area (TPSA) is 33.1 Å². The average Bonchev–Trinajstić information content (AvgIpc) is 2.56. The van der Waals surface area contributed by atoms with Gasteiger partial charge in [-0.1, -0.05) is 18.5 Å². The number of aromatic nitrogens is 3. The first-order valence-corrected chi connectivity index (χ1v) is 4.75. The maximum Gasteiger partial charge on any atom is 0.152 e. The van der Waals surface area contributed by atoms with Crippen molar-refractivity contribution in [2.45, 2.75) is 27.2 Å². The molecule has 0 bridgehead atoms. The van der Waals surface area contributed by atoms with Crippen LogP contribution in [0.3, 0.4) is 0 Å². The fourth-order valence-electron chi connectivity index (χ4n) is 1.56. The minimum Gasteiger partial charge on any atom is -0.341 e. The zero-order valence-corrected chi connectivity index (χ0v) is 8.74. The van der Waals surface area contributed by atoms with Crippen molar-refractivity contribution in [3.05, 3.63) is 22.1 Å². The lowest BCUT2D eigenvalue weighted by Gasteiger charge is -1.92. The molecule has 0 unspecified atom stereocenters. The second kappa shape index (κ2) is 2.77. The maximum atomic E-state index is 6.07. The highest BCUT2D eigenvalue weighted by molar-refractivity contribution is 6.34. The van der Waals surface area contributed by atoms with Crippen LogP contribution in [-0.2, 0) is 6.42 Å². The molecule has 13 heavy (non-hydrogen) atoms. The minimum absolute atomic E-state index is 0.725. The van der Waals surface area contributed by atoms with E-state index in [2.05, 4.69) is 17.0 Å². The normalized spacial score (nSPS) is 11.4. The first kappa shape index (κ1) is 8.63. The number of fused-ring (bicyclic) bond motifs is 1. The SMILES string of the molecule is CCc1[nH]c2c(Cl)c(C)nn2c1C. The summed E-state index contributed by atoms with van der Waals surface area (Å²) in [6.07, 6.45) is 0.977. The molecule has 0 fully saturated rings. The molecule has 3 nitrogen and oxygen atoms in total. The van der Waals surface area contributed by atoms with E-state index in [4.69, 9.17) is 11.6 Å². The Balaban J connectivity index is 2.81. The smallest absolute Gasteiger partial charge is 0.152 e. The molecule has 70 valence electrons. The van der Waals surface area contributed by atoms with E-state index in [1.807, 2.05) is 18.4 Å². The summed E-state index contributed by atoms with van der Waals surface area (Å²) in [4.78, 5) is 3.27. The summed E-state index contributed by atoms with van der Waals surface area (Å²) in [5.41, 5.74) is 4.13. The summed E-state index contributed by atoms with van der Waals surface area (Å²) in [7, 11) is 0. The van der Waals surface area contributed by atoms with Crippen LogP contribution >= 0.6 is 11.6 Å². The lowest BCUT2D eigenvalue weighted by Crippen LogP contribution is -1.90. The number of nitrogens with zero attached hydrogens (tertiary/aromatic N) is 2. The van der Waals surface area contributed by atoms with Crippen LogP contribution in [-0.4, -0.2) is 14.6 Å². The third kappa shape index (κ3) is 1.07. The summed E-state index contributed by atoms with van der Waals surface area (Å²) in [6.45, 7) is 6.07. The van der Waals surface area contributed by atoms with Gasteiger partial charge in [0.15, 0.2) is 5.65 Å². The summed E-state index contributed by atoms with van der Waals surface area (Å²) in [5.74, 6) is 0. The quantitative estimate of drug-likeness (QED) is 0.749. The summed E-state index contributed by atoms with van der Waals surface area (Å²) in [5, 5.41) is 5.06. The molecule has 0 aromatic carbocycles. The Kier molecular flexibility index (Phi) is 1.84. The molecule has 1 N–H and O–H groups in total. The largest absolute Gasteiger partial charge is 0.341 e. The van der Waals surface area contributed by atoms with Crippen LogP contribution in [0, 0.1) is 13.8 Å². The average molecular weight is 198 g/mol. The maximum absolute atomic E-state index is 6.07. The second-order valence-electron chi connectivity index (χ2n) is 3.20. The van der Waals surface area contributed by atoms with E-state index in [-0.39, 0.29) is 0 Å². The fraction of sp³-hybridized carbons (Fsp3) is 0.444. The fourth-order valence-corrected chi connectivity index (χ4v) is 1.73. The Morgan fingerprint density at radius 1 is 1.46 bits per heavy atom. The molecule has 2 rings (SSSR count). The highest BCUT2D eigenvalue weighted by Crippen LogP contribution is 2.22. The monoisotopic (exact) mass is 197 g/mol. The number of hydrogen-bond donors (Lipinski definition) is 1. The van der Waals surface area contributed by atoms with E-state index in [0.717, 1.165) is 28.5 Å². The van der Waals surface area contributed by atoms with Crippen LogP contribution in [0.4, 0.5) is 0 Å². The Morgan fingerprint density at radius 3 is 2.69 bits per heavy atom. The van der Waals surface area contributed by atoms with Crippen LogP contribution in [0.5, 0.6) is 0 Å². The molecular weight excluding hydrogens is 186 g/mol. The molecule has 0 atom stereocenters. The van der Waals surface area contributed by atoms with Crippen molar-refractivity contribution in [3.8, 4) is 0 Å². The van der Waals surface area contributed by atoms with E-state index in [9.17, 15) is 0 Å². The molecule has 0 aliphatic carbocycles. The number of hydrogen-bond acceptors (Lipinski definition) is 1. The highest BCUT2D eigenvalue weighted by Gasteiger charge is 2.12. The molecule has 0 aliphatic rings. The Morgan fingerprint density at radius 2 is 2.15 bits per heavy atom. The number of H-pyrrole nitrogens is 1. The number of aryl methyl sites for hydroxylation is 3. The third-order valence-electron chi connectivity index (χ3n) is 2.36. The van der Waals surface area contributed by atoms with Crippen LogP contribution in [0.15, 0.2) is 0 Å². The second-order valence-corrected chi connectivity index (χ2v) is 3.58. The van der Waals surface area contributed by atoms with Crippen LogP contribution in [0.25, 0.3) is 5.65 Å². The predicted molar refractivity (Wildman–Crippen MR) is 53.4 cm³/mol. The van der Waals surface area contributed by atoms with Gasteiger partial charge in [0.25, 0.3) is 0 Å². The highest BCUT2D eigenvalue weighted by atomic mass is 35.5. The number of nitrogens with one attached hydrogen (secondary N) is 1.